The lowest BCUT2D eigenvalue weighted by molar-refractivity contribution is -0.142. The SMILES string of the molecule is Cc1ccc(S(=O)(=O)n2ccc(C(=O)NCC(CC(C)C)C(=O)O)c2)cc1. The molecule has 27 heavy (non-hydrogen) atoms. The van der Waals surface area contributed by atoms with Gasteiger partial charge in [0.15, 0.2) is 0 Å². The van der Waals surface area contributed by atoms with Gasteiger partial charge >= 0.3 is 5.97 Å². The van der Waals surface area contributed by atoms with Crippen LogP contribution in [0.15, 0.2) is 47.6 Å². The number of benzene rings is 1. The number of carboxylic acids is 1. The highest BCUT2D eigenvalue weighted by Gasteiger charge is 2.22. The van der Waals surface area contributed by atoms with Gasteiger partial charge in [-0.1, -0.05) is 31.5 Å². The third-order valence-electron chi connectivity index (χ3n) is 4.14. The van der Waals surface area contributed by atoms with Crippen LogP contribution in [-0.2, 0) is 14.8 Å². The van der Waals surface area contributed by atoms with Gasteiger partial charge in [0.2, 0.25) is 0 Å². The number of aromatic nitrogens is 1. The van der Waals surface area contributed by atoms with Crippen molar-refractivity contribution in [3.63, 3.8) is 0 Å². The molecule has 0 fully saturated rings. The Morgan fingerprint density at radius 2 is 1.78 bits per heavy atom. The molecule has 1 unspecified atom stereocenters. The Hall–Kier alpha value is -2.61. The molecule has 1 atom stereocenters. The van der Waals surface area contributed by atoms with Crippen LogP contribution in [0.25, 0.3) is 0 Å². The van der Waals surface area contributed by atoms with Crippen molar-refractivity contribution in [3.8, 4) is 0 Å². The number of rotatable bonds is 8. The van der Waals surface area contributed by atoms with E-state index in [1.165, 1.54) is 30.6 Å². The molecule has 8 heteroatoms. The van der Waals surface area contributed by atoms with Gasteiger partial charge in [-0.25, -0.2) is 12.4 Å². The highest BCUT2D eigenvalue weighted by Crippen LogP contribution is 2.16. The van der Waals surface area contributed by atoms with Crippen molar-refractivity contribution >= 4 is 21.9 Å². The maximum Gasteiger partial charge on any atom is 0.308 e. The standard InChI is InChI=1S/C19H24N2O5S/c1-13(2)10-16(19(23)24)11-20-18(22)15-8-9-21(12-15)27(25,26)17-6-4-14(3)5-7-17/h4-9,12-13,16H,10-11H2,1-3H3,(H,20,22)(H,23,24). The number of hydrogen-bond acceptors (Lipinski definition) is 4. The average Bonchev–Trinajstić information content (AvgIpc) is 3.09. The number of nitrogens with one attached hydrogen (secondary N) is 1. The Kier molecular flexibility index (Phi) is 6.43. The third-order valence-corrected chi connectivity index (χ3v) is 5.79. The van der Waals surface area contributed by atoms with E-state index in [1.54, 1.807) is 12.1 Å². The number of carbonyl (C=O) groups is 2. The minimum atomic E-state index is -3.79. The molecular weight excluding hydrogens is 368 g/mol. The predicted molar refractivity (Wildman–Crippen MR) is 101 cm³/mol. The van der Waals surface area contributed by atoms with Crippen LogP contribution in [0.1, 0.15) is 36.2 Å². The van der Waals surface area contributed by atoms with E-state index in [1.807, 2.05) is 20.8 Å². The molecule has 0 spiro atoms. The maximum atomic E-state index is 12.6. The van der Waals surface area contributed by atoms with Crippen molar-refractivity contribution in [1.29, 1.82) is 0 Å². The quantitative estimate of drug-likeness (QED) is 0.718. The second-order valence-electron chi connectivity index (χ2n) is 6.92. The smallest absolute Gasteiger partial charge is 0.308 e. The predicted octanol–water partition coefficient (Wildman–Crippen LogP) is 2.51. The van der Waals surface area contributed by atoms with Gasteiger partial charge < -0.3 is 10.4 Å². The molecule has 1 amide bonds. The summed E-state index contributed by atoms with van der Waals surface area (Å²) < 4.78 is 26.2. The first-order valence-electron chi connectivity index (χ1n) is 8.62. The zero-order valence-electron chi connectivity index (χ0n) is 15.5. The molecule has 1 aromatic carbocycles. The lowest BCUT2D eigenvalue weighted by Crippen LogP contribution is -2.33. The van der Waals surface area contributed by atoms with Crippen molar-refractivity contribution < 1.29 is 23.1 Å². The summed E-state index contributed by atoms with van der Waals surface area (Å²) in [6.07, 6.45) is 2.97. The third kappa shape index (κ3) is 5.19. The van der Waals surface area contributed by atoms with Gasteiger partial charge in [0.25, 0.3) is 15.9 Å². The Morgan fingerprint density at radius 3 is 2.33 bits per heavy atom. The molecule has 0 bridgehead atoms. The first kappa shape index (κ1) is 20.7. The van der Waals surface area contributed by atoms with E-state index < -0.39 is 27.8 Å². The fourth-order valence-electron chi connectivity index (χ4n) is 2.65. The minimum Gasteiger partial charge on any atom is -0.481 e. The molecule has 0 saturated carbocycles. The fraction of sp³-hybridized carbons (Fsp3) is 0.368. The van der Waals surface area contributed by atoms with E-state index in [0.717, 1.165) is 9.54 Å². The van der Waals surface area contributed by atoms with Crippen LogP contribution >= 0.6 is 0 Å². The van der Waals surface area contributed by atoms with Crippen LogP contribution in [0.2, 0.25) is 0 Å². The van der Waals surface area contributed by atoms with Gasteiger partial charge in [0.1, 0.15) is 0 Å². The molecule has 0 saturated heterocycles. The summed E-state index contributed by atoms with van der Waals surface area (Å²) in [5.74, 6) is -1.98. The number of carbonyl (C=O) groups excluding carboxylic acids is 1. The average molecular weight is 392 g/mol. The van der Waals surface area contributed by atoms with E-state index in [-0.39, 0.29) is 22.9 Å². The summed E-state index contributed by atoms with van der Waals surface area (Å²) in [4.78, 5) is 23.7. The first-order valence-corrected chi connectivity index (χ1v) is 10.1. The van der Waals surface area contributed by atoms with E-state index in [4.69, 9.17) is 0 Å². The summed E-state index contributed by atoms with van der Waals surface area (Å²) in [6.45, 7) is 5.67. The lowest BCUT2D eigenvalue weighted by atomic mass is 9.97. The van der Waals surface area contributed by atoms with Crippen molar-refractivity contribution in [2.75, 3.05) is 6.54 Å². The Bertz CT molecular complexity index is 914. The molecule has 0 aliphatic rings. The topological polar surface area (TPSA) is 105 Å². The Balaban J connectivity index is 2.11. The second kappa shape index (κ2) is 8.39. The van der Waals surface area contributed by atoms with Crippen LogP contribution < -0.4 is 5.32 Å². The molecule has 2 aromatic rings. The van der Waals surface area contributed by atoms with Crippen LogP contribution in [0.3, 0.4) is 0 Å². The monoisotopic (exact) mass is 392 g/mol. The minimum absolute atomic E-state index is 0.0117. The van der Waals surface area contributed by atoms with Gasteiger partial charge in [-0.15, -0.1) is 0 Å². The second-order valence-corrected chi connectivity index (χ2v) is 8.77. The number of nitrogens with zero attached hydrogens (tertiary/aromatic N) is 1. The summed E-state index contributed by atoms with van der Waals surface area (Å²) in [5, 5.41) is 11.8. The maximum absolute atomic E-state index is 12.6. The van der Waals surface area contributed by atoms with Gasteiger partial charge in [-0.2, -0.15) is 0 Å². The largest absolute Gasteiger partial charge is 0.481 e. The van der Waals surface area contributed by atoms with Crippen molar-refractivity contribution in [2.24, 2.45) is 11.8 Å². The fourth-order valence-corrected chi connectivity index (χ4v) is 3.85. The molecule has 2 N–H and O–H groups in total. The van der Waals surface area contributed by atoms with Crippen LogP contribution in [0.5, 0.6) is 0 Å². The molecule has 1 heterocycles. The van der Waals surface area contributed by atoms with Crippen molar-refractivity contribution in [1.82, 2.24) is 9.29 Å². The number of carboxylic acid groups (broad SMARTS) is 1. The molecule has 7 nitrogen and oxygen atoms in total. The summed E-state index contributed by atoms with van der Waals surface area (Å²) in [6, 6.07) is 7.80. The van der Waals surface area contributed by atoms with Crippen LogP contribution in [0.4, 0.5) is 0 Å². The van der Waals surface area contributed by atoms with Crippen molar-refractivity contribution in [3.05, 3.63) is 53.9 Å². The normalized spacial score (nSPS) is 12.7. The van der Waals surface area contributed by atoms with E-state index >= 15 is 0 Å². The summed E-state index contributed by atoms with van der Waals surface area (Å²) in [5.41, 5.74) is 1.09. The van der Waals surface area contributed by atoms with E-state index in [0.29, 0.717) is 6.42 Å². The summed E-state index contributed by atoms with van der Waals surface area (Å²) in [7, 11) is -3.79. The molecule has 2 rings (SSSR count). The molecule has 1 aromatic heterocycles. The zero-order valence-corrected chi connectivity index (χ0v) is 16.4. The molecule has 0 radical (unpaired) electrons. The number of hydrogen-bond donors (Lipinski definition) is 2. The first-order chi connectivity index (χ1) is 12.6. The van der Waals surface area contributed by atoms with E-state index in [9.17, 15) is 23.1 Å². The van der Waals surface area contributed by atoms with Crippen LogP contribution in [0, 0.1) is 18.8 Å². The number of aryl methyl sites for hydroxylation is 1. The van der Waals surface area contributed by atoms with Crippen LogP contribution in [-0.4, -0.2) is 35.9 Å². The Morgan fingerprint density at radius 1 is 1.15 bits per heavy atom. The summed E-state index contributed by atoms with van der Waals surface area (Å²) >= 11 is 0. The Labute approximate surface area is 159 Å². The van der Waals surface area contributed by atoms with Crippen molar-refractivity contribution in [2.45, 2.75) is 32.1 Å². The lowest BCUT2D eigenvalue weighted by Gasteiger charge is -2.15. The van der Waals surface area contributed by atoms with E-state index in [2.05, 4.69) is 5.32 Å². The van der Waals surface area contributed by atoms with Gasteiger partial charge in [-0.05, 0) is 37.5 Å². The molecule has 146 valence electrons. The van der Waals surface area contributed by atoms with Gasteiger partial charge in [0.05, 0.1) is 16.4 Å². The number of aliphatic carboxylic acids is 1. The highest BCUT2D eigenvalue weighted by atomic mass is 32.2. The zero-order chi connectivity index (χ0) is 20.2. The van der Waals surface area contributed by atoms with Gasteiger partial charge in [0, 0.05) is 18.9 Å². The number of amides is 1. The molecular formula is C19H24N2O5S. The molecule has 0 aliphatic carbocycles. The van der Waals surface area contributed by atoms with Gasteiger partial charge in [-0.3, -0.25) is 9.59 Å². The molecule has 0 aliphatic heterocycles. The highest BCUT2D eigenvalue weighted by molar-refractivity contribution is 7.90.